The summed E-state index contributed by atoms with van der Waals surface area (Å²) in [5, 5.41) is 13.1. The van der Waals surface area contributed by atoms with Crippen LogP contribution in [-0.2, 0) is 0 Å². The van der Waals surface area contributed by atoms with E-state index < -0.39 is 11.9 Å². The summed E-state index contributed by atoms with van der Waals surface area (Å²) in [5.74, 6) is -0.251. The van der Waals surface area contributed by atoms with Crippen molar-refractivity contribution in [2.75, 3.05) is 13.2 Å². The van der Waals surface area contributed by atoms with Crippen molar-refractivity contribution in [2.45, 2.75) is 26.0 Å². The van der Waals surface area contributed by atoms with E-state index >= 15 is 0 Å². The fourth-order valence-corrected chi connectivity index (χ4v) is 2.81. The van der Waals surface area contributed by atoms with Crippen molar-refractivity contribution in [3.63, 3.8) is 0 Å². The monoisotopic (exact) mass is 309 g/mol. The third kappa shape index (κ3) is 4.81. The van der Waals surface area contributed by atoms with Crippen molar-refractivity contribution in [3.05, 3.63) is 52.0 Å². The molecule has 2 rings (SSSR count). The Labute approximate surface area is 128 Å². The van der Waals surface area contributed by atoms with Gasteiger partial charge >= 0.3 is 0 Å². The number of hydrogen-bond acceptors (Lipinski definition) is 4. The van der Waals surface area contributed by atoms with Crippen molar-refractivity contribution in [1.82, 2.24) is 5.32 Å². The Morgan fingerprint density at radius 2 is 2.05 bits per heavy atom. The number of nitrogens with one attached hydrogen (secondary N) is 1. The van der Waals surface area contributed by atoms with E-state index in [1.54, 1.807) is 29.5 Å². The molecule has 0 aliphatic rings. The number of para-hydroxylation sites is 1. The van der Waals surface area contributed by atoms with E-state index in [-0.39, 0.29) is 18.4 Å². The Bertz CT molecular complexity index is 573. The van der Waals surface area contributed by atoms with Crippen molar-refractivity contribution in [1.29, 1.82) is 0 Å². The molecule has 0 radical (unpaired) electrons. The molecule has 0 fully saturated rings. The summed E-state index contributed by atoms with van der Waals surface area (Å²) in [5.41, 5.74) is 0. The first kappa shape index (κ1) is 15.9. The molecule has 114 valence electrons. The number of thiophene rings is 1. The van der Waals surface area contributed by atoms with Crippen LogP contribution in [0.5, 0.6) is 5.75 Å². The average Bonchev–Trinajstić information content (AvgIpc) is 2.90. The first-order valence-corrected chi connectivity index (χ1v) is 7.73. The summed E-state index contributed by atoms with van der Waals surface area (Å²) in [7, 11) is 0. The minimum Gasteiger partial charge on any atom is -0.488 e. The summed E-state index contributed by atoms with van der Waals surface area (Å²) in [6.45, 7) is 4.57. The van der Waals surface area contributed by atoms with Gasteiger partial charge in [0, 0.05) is 22.3 Å². The summed E-state index contributed by atoms with van der Waals surface area (Å²) >= 11 is 1.73. The Kier molecular flexibility index (Phi) is 5.73. The zero-order valence-electron chi connectivity index (χ0n) is 12.2. The second-order valence-corrected chi connectivity index (χ2v) is 6.29. The topological polar surface area (TPSA) is 41.5 Å². The fourth-order valence-electron chi connectivity index (χ4n) is 1.91. The first-order valence-electron chi connectivity index (χ1n) is 6.91. The molecule has 3 nitrogen and oxygen atoms in total. The smallest absolute Gasteiger partial charge is 0.165 e. The van der Waals surface area contributed by atoms with Crippen LogP contribution in [0.25, 0.3) is 0 Å². The Hall–Kier alpha value is -1.43. The second kappa shape index (κ2) is 7.54. The molecular weight excluding hydrogens is 289 g/mol. The van der Waals surface area contributed by atoms with Gasteiger partial charge < -0.3 is 15.2 Å². The van der Waals surface area contributed by atoms with Gasteiger partial charge in [0.25, 0.3) is 0 Å². The lowest BCUT2D eigenvalue weighted by Crippen LogP contribution is -2.32. The number of aryl methyl sites for hydroxylation is 1. The Morgan fingerprint density at radius 3 is 2.71 bits per heavy atom. The fraction of sp³-hybridized carbons (Fsp3) is 0.375. The maximum absolute atomic E-state index is 13.4. The highest BCUT2D eigenvalue weighted by atomic mass is 32.1. The molecule has 0 saturated heterocycles. The highest BCUT2D eigenvalue weighted by Crippen LogP contribution is 2.22. The third-order valence-corrected chi connectivity index (χ3v) is 4.30. The number of benzene rings is 1. The molecule has 0 amide bonds. The van der Waals surface area contributed by atoms with Crippen molar-refractivity contribution in [3.8, 4) is 5.75 Å². The minimum absolute atomic E-state index is 0.0596. The molecule has 1 aromatic heterocycles. The number of hydrogen-bond donors (Lipinski definition) is 2. The summed E-state index contributed by atoms with van der Waals surface area (Å²) < 4.78 is 18.6. The molecular formula is C16H20FNO2S. The van der Waals surface area contributed by atoms with Crippen LogP contribution in [0.2, 0.25) is 0 Å². The van der Waals surface area contributed by atoms with Gasteiger partial charge in [-0.25, -0.2) is 4.39 Å². The van der Waals surface area contributed by atoms with Gasteiger partial charge in [-0.3, -0.25) is 0 Å². The molecule has 5 heteroatoms. The molecule has 2 N–H and O–H groups in total. The van der Waals surface area contributed by atoms with Gasteiger partial charge in [0.1, 0.15) is 12.7 Å². The van der Waals surface area contributed by atoms with E-state index in [1.807, 2.05) is 0 Å². The molecule has 2 aromatic rings. The maximum atomic E-state index is 13.4. The van der Waals surface area contributed by atoms with Gasteiger partial charge in [-0.2, -0.15) is 0 Å². The van der Waals surface area contributed by atoms with Crippen molar-refractivity contribution >= 4 is 11.3 Å². The van der Waals surface area contributed by atoms with E-state index in [1.165, 1.54) is 15.8 Å². The molecule has 21 heavy (non-hydrogen) atoms. The van der Waals surface area contributed by atoms with Crippen LogP contribution >= 0.6 is 11.3 Å². The molecule has 2 atom stereocenters. The Balaban J connectivity index is 1.75. The maximum Gasteiger partial charge on any atom is 0.165 e. The lowest BCUT2D eigenvalue weighted by atomic mass is 10.2. The molecule has 0 bridgehead atoms. The molecule has 0 aliphatic heterocycles. The first-order chi connectivity index (χ1) is 10.1. The highest BCUT2D eigenvalue weighted by Gasteiger charge is 2.11. The van der Waals surface area contributed by atoms with Crippen LogP contribution < -0.4 is 10.1 Å². The molecule has 1 aromatic carbocycles. The lowest BCUT2D eigenvalue weighted by molar-refractivity contribution is 0.102. The van der Waals surface area contributed by atoms with Crippen molar-refractivity contribution < 1.29 is 14.2 Å². The number of aliphatic hydroxyl groups excluding tert-OH is 1. The minimum atomic E-state index is -0.687. The van der Waals surface area contributed by atoms with Gasteiger partial charge in [-0.05, 0) is 38.1 Å². The number of halogens is 1. The zero-order valence-corrected chi connectivity index (χ0v) is 13.0. The summed E-state index contributed by atoms with van der Waals surface area (Å²) in [4.78, 5) is 2.50. The molecule has 0 aliphatic carbocycles. The summed E-state index contributed by atoms with van der Waals surface area (Å²) in [6, 6.07) is 10.5. The standard InChI is InChI=1S/C16H20FNO2S/c1-11-7-8-16(21-11)12(2)18-9-13(19)10-20-15-6-4-3-5-14(15)17/h3-8,12-13,18-19H,9-10H2,1-2H3. The van der Waals surface area contributed by atoms with Gasteiger partial charge in [-0.15, -0.1) is 11.3 Å². The van der Waals surface area contributed by atoms with E-state index in [0.29, 0.717) is 6.54 Å². The van der Waals surface area contributed by atoms with Crippen LogP contribution in [0.15, 0.2) is 36.4 Å². The Morgan fingerprint density at radius 1 is 1.29 bits per heavy atom. The van der Waals surface area contributed by atoms with Gasteiger partial charge in [0.2, 0.25) is 0 Å². The largest absolute Gasteiger partial charge is 0.488 e. The molecule has 0 saturated carbocycles. The molecule has 1 heterocycles. The third-order valence-electron chi connectivity index (χ3n) is 3.12. The van der Waals surface area contributed by atoms with Crippen molar-refractivity contribution in [2.24, 2.45) is 0 Å². The van der Waals surface area contributed by atoms with Gasteiger partial charge in [0.05, 0.1) is 0 Å². The summed E-state index contributed by atoms with van der Waals surface area (Å²) in [6.07, 6.45) is -0.687. The van der Waals surface area contributed by atoms with Crippen LogP contribution in [0, 0.1) is 12.7 Å². The average molecular weight is 309 g/mol. The van der Waals surface area contributed by atoms with E-state index in [9.17, 15) is 9.50 Å². The predicted molar refractivity (Wildman–Crippen MR) is 83.4 cm³/mol. The van der Waals surface area contributed by atoms with E-state index in [4.69, 9.17) is 4.74 Å². The van der Waals surface area contributed by atoms with Gasteiger partial charge in [-0.1, -0.05) is 12.1 Å². The van der Waals surface area contributed by atoms with E-state index in [2.05, 4.69) is 31.3 Å². The second-order valence-electron chi connectivity index (χ2n) is 4.97. The zero-order chi connectivity index (χ0) is 15.2. The van der Waals surface area contributed by atoms with Crippen LogP contribution in [0.1, 0.15) is 22.7 Å². The van der Waals surface area contributed by atoms with Crippen LogP contribution in [0.3, 0.4) is 0 Å². The number of aliphatic hydroxyl groups is 1. The molecule has 0 spiro atoms. The predicted octanol–water partition coefficient (Wildman–Crippen LogP) is 3.29. The molecule has 2 unspecified atom stereocenters. The quantitative estimate of drug-likeness (QED) is 0.824. The van der Waals surface area contributed by atoms with Gasteiger partial charge in [0.15, 0.2) is 11.6 Å². The number of rotatable bonds is 7. The normalized spacial score (nSPS) is 13.9. The highest BCUT2D eigenvalue weighted by molar-refractivity contribution is 7.12. The SMILES string of the molecule is Cc1ccc(C(C)NCC(O)COc2ccccc2F)s1. The lowest BCUT2D eigenvalue weighted by Gasteiger charge is -2.17. The van der Waals surface area contributed by atoms with Crippen LogP contribution in [-0.4, -0.2) is 24.4 Å². The van der Waals surface area contributed by atoms with E-state index in [0.717, 1.165) is 0 Å². The van der Waals surface area contributed by atoms with Crippen LogP contribution in [0.4, 0.5) is 4.39 Å². The number of ether oxygens (including phenoxy) is 1.